The van der Waals surface area contributed by atoms with Crippen molar-refractivity contribution in [1.82, 2.24) is 16.0 Å². The number of benzene rings is 1. The Morgan fingerprint density at radius 1 is 1.07 bits per heavy atom. The molecule has 0 spiro atoms. The highest BCUT2D eigenvalue weighted by atomic mass is 79.9. The Kier molecular flexibility index (Phi) is 7.33. The van der Waals surface area contributed by atoms with Crippen molar-refractivity contribution in [2.75, 3.05) is 19.6 Å². The molecule has 3 N–H and O–H groups in total. The van der Waals surface area contributed by atoms with Crippen LogP contribution in [0.1, 0.15) is 24.2 Å². The number of aliphatic imine (C=N–C) groups is 1. The van der Waals surface area contributed by atoms with Crippen LogP contribution < -0.4 is 16.0 Å². The zero-order chi connectivity index (χ0) is 18.9. The number of rotatable bonds is 9. The molecule has 2 aromatic rings. The Balaban J connectivity index is 1.47. The SMILES string of the molecule is O=C(NCCNC(=NCc1ccc(Br)cc1)NCCc1ccco1)C1CC1. The van der Waals surface area contributed by atoms with Gasteiger partial charge in [-0.25, -0.2) is 4.99 Å². The first-order valence-corrected chi connectivity index (χ1v) is 10.1. The van der Waals surface area contributed by atoms with Crippen LogP contribution in [0.4, 0.5) is 0 Å². The third-order valence-electron chi connectivity index (χ3n) is 4.24. The lowest BCUT2D eigenvalue weighted by atomic mass is 10.2. The number of hydrogen-bond acceptors (Lipinski definition) is 3. The van der Waals surface area contributed by atoms with Gasteiger partial charge in [-0.05, 0) is 42.7 Å². The van der Waals surface area contributed by atoms with Crippen LogP contribution in [0.5, 0.6) is 0 Å². The summed E-state index contributed by atoms with van der Waals surface area (Å²) in [6.07, 6.45) is 4.50. The van der Waals surface area contributed by atoms with E-state index in [1.165, 1.54) is 0 Å². The van der Waals surface area contributed by atoms with Crippen LogP contribution in [0.25, 0.3) is 0 Å². The van der Waals surface area contributed by atoms with Crippen LogP contribution in [-0.2, 0) is 17.8 Å². The number of halogens is 1. The Morgan fingerprint density at radius 3 is 2.52 bits per heavy atom. The van der Waals surface area contributed by atoms with E-state index in [-0.39, 0.29) is 11.8 Å². The minimum absolute atomic E-state index is 0.163. The Morgan fingerprint density at radius 2 is 1.81 bits per heavy atom. The maximum Gasteiger partial charge on any atom is 0.223 e. The monoisotopic (exact) mass is 432 g/mol. The van der Waals surface area contributed by atoms with E-state index >= 15 is 0 Å². The number of carbonyl (C=O) groups is 1. The molecule has 0 aliphatic heterocycles. The average Bonchev–Trinajstić information content (AvgIpc) is 3.40. The normalized spacial score (nSPS) is 14.0. The molecule has 1 aliphatic carbocycles. The molecule has 1 heterocycles. The maximum absolute atomic E-state index is 11.7. The first kappa shape index (κ1) is 19.5. The molecule has 3 rings (SSSR count). The molecule has 0 saturated heterocycles. The highest BCUT2D eigenvalue weighted by Crippen LogP contribution is 2.28. The predicted molar refractivity (Wildman–Crippen MR) is 109 cm³/mol. The van der Waals surface area contributed by atoms with E-state index in [0.29, 0.717) is 26.2 Å². The number of nitrogens with zero attached hydrogens (tertiary/aromatic N) is 1. The summed E-state index contributed by atoms with van der Waals surface area (Å²) >= 11 is 3.44. The second-order valence-corrected chi connectivity index (χ2v) is 7.46. The summed E-state index contributed by atoms with van der Waals surface area (Å²) in [5.74, 6) is 2.06. The number of nitrogens with one attached hydrogen (secondary N) is 3. The average molecular weight is 433 g/mol. The first-order chi connectivity index (χ1) is 13.2. The lowest BCUT2D eigenvalue weighted by molar-refractivity contribution is -0.122. The maximum atomic E-state index is 11.7. The van der Waals surface area contributed by atoms with Crippen molar-refractivity contribution < 1.29 is 9.21 Å². The molecule has 0 unspecified atom stereocenters. The standard InChI is InChI=1S/C20H25BrN4O2/c21-17-7-3-15(4-8-17)14-25-20(23-10-9-18-2-1-13-27-18)24-12-11-22-19(26)16-5-6-16/h1-4,7-8,13,16H,5-6,9-12,14H2,(H,22,26)(H2,23,24,25). The quantitative estimate of drug-likeness (QED) is 0.323. The van der Waals surface area contributed by atoms with E-state index in [9.17, 15) is 4.79 Å². The highest BCUT2D eigenvalue weighted by molar-refractivity contribution is 9.10. The van der Waals surface area contributed by atoms with Crippen LogP contribution in [0, 0.1) is 5.92 Å². The molecular formula is C20H25BrN4O2. The number of guanidine groups is 1. The van der Waals surface area contributed by atoms with Gasteiger partial charge in [0.25, 0.3) is 0 Å². The van der Waals surface area contributed by atoms with Gasteiger partial charge in [-0.3, -0.25) is 4.79 Å². The van der Waals surface area contributed by atoms with E-state index in [0.717, 1.165) is 41.0 Å². The molecule has 0 radical (unpaired) electrons. The molecule has 7 heteroatoms. The molecule has 6 nitrogen and oxygen atoms in total. The van der Waals surface area contributed by atoms with Gasteiger partial charge in [0, 0.05) is 36.4 Å². The fourth-order valence-corrected chi connectivity index (χ4v) is 2.81. The topological polar surface area (TPSA) is 78.7 Å². The molecular weight excluding hydrogens is 408 g/mol. The largest absolute Gasteiger partial charge is 0.469 e. The third-order valence-corrected chi connectivity index (χ3v) is 4.77. The first-order valence-electron chi connectivity index (χ1n) is 9.27. The fourth-order valence-electron chi connectivity index (χ4n) is 2.55. The van der Waals surface area contributed by atoms with Crippen molar-refractivity contribution >= 4 is 27.8 Å². The summed E-state index contributed by atoms with van der Waals surface area (Å²) in [5, 5.41) is 9.55. The lowest BCUT2D eigenvalue weighted by Gasteiger charge is -2.13. The number of furan rings is 1. The van der Waals surface area contributed by atoms with Gasteiger partial charge in [-0.1, -0.05) is 28.1 Å². The van der Waals surface area contributed by atoms with Crippen molar-refractivity contribution in [3.8, 4) is 0 Å². The van der Waals surface area contributed by atoms with Crippen molar-refractivity contribution in [2.45, 2.75) is 25.8 Å². The summed E-state index contributed by atoms with van der Waals surface area (Å²) in [7, 11) is 0. The Bertz CT molecular complexity index is 740. The number of hydrogen-bond donors (Lipinski definition) is 3. The molecule has 1 aromatic carbocycles. The van der Waals surface area contributed by atoms with Gasteiger partial charge >= 0.3 is 0 Å². The van der Waals surface area contributed by atoms with Crippen molar-refractivity contribution in [2.24, 2.45) is 10.9 Å². The number of carbonyl (C=O) groups excluding carboxylic acids is 1. The Hall–Kier alpha value is -2.28. The molecule has 0 atom stereocenters. The second kappa shape index (κ2) is 10.2. The van der Waals surface area contributed by atoms with Crippen LogP contribution in [0.3, 0.4) is 0 Å². The van der Waals surface area contributed by atoms with E-state index < -0.39 is 0 Å². The van der Waals surface area contributed by atoms with Gasteiger partial charge in [0.1, 0.15) is 5.76 Å². The van der Waals surface area contributed by atoms with Gasteiger partial charge in [-0.2, -0.15) is 0 Å². The van der Waals surface area contributed by atoms with Gasteiger partial charge < -0.3 is 20.4 Å². The molecule has 1 amide bonds. The van der Waals surface area contributed by atoms with Crippen molar-refractivity contribution in [3.05, 3.63) is 58.5 Å². The van der Waals surface area contributed by atoms with E-state index in [1.54, 1.807) is 6.26 Å². The zero-order valence-electron chi connectivity index (χ0n) is 15.2. The molecule has 0 bridgehead atoms. The van der Waals surface area contributed by atoms with E-state index in [1.807, 2.05) is 36.4 Å². The molecule has 27 heavy (non-hydrogen) atoms. The van der Waals surface area contributed by atoms with Gasteiger partial charge in [-0.15, -0.1) is 0 Å². The highest BCUT2D eigenvalue weighted by Gasteiger charge is 2.28. The molecule has 1 saturated carbocycles. The summed E-state index contributed by atoms with van der Waals surface area (Å²) < 4.78 is 6.41. The zero-order valence-corrected chi connectivity index (χ0v) is 16.8. The van der Waals surface area contributed by atoms with Crippen molar-refractivity contribution in [3.63, 3.8) is 0 Å². The van der Waals surface area contributed by atoms with Gasteiger partial charge in [0.15, 0.2) is 5.96 Å². The van der Waals surface area contributed by atoms with Crippen LogP contribution in [0.15, 0.2) is 56.5 Å². The minimum atomic E-state index is 0.163. The Labute approximate surface area is 168 Å². The summed E-state index contributed by atoms with van der Waals surface area (Å²) in [6.45, 7) is 2.52. The number of amides is 1. The molecule has 1 fully saturated rings. The van der Waals surface area contributed by atoms with Crippen LogP contribution in [0.2, 0.25) is 0 Å². The minimum Gasteiger partial charge on any atom is -0.469 e. The fraction of sp³-hybridized carbons (Fsp3) is 0.400. The second-order valence-electron chi connectivity index (χ2n) is 6.54. The smallest absolute Gasteiger partial charge is 0.223 e. The summed E-state index contributed by atoms with van der Waals surface area (Å²) in [5.41, 5.74) is 1.13. The third kappa shape index (κ3) is 7.09. The van der Waals surface area contributed by atoms with Gasteiger partial charge in [0.2, 0.25) is 5.91 Å². The van der Waals surface area contributed by atoms with Gasteiger partial charge in [0.05, 0.1) is 12.8 Å². The lowest BCUT2D eigenvalue weighted by Crippen LogP contribution is -2.42. The molecule has 144 valence electrons. The summed E-state index contributed by atoms with van der Waals surface area (Å²) in [4.78, 5) is 16.3. The predicted octanol–water partition coefficient (Wildman–Crippen LogP) is 2.85. The van der Waals surface area contributed by atoms with Crippen LogP contribution >= 0.6 is 15.9 Å². The molecule has 1 aliphatic rings. The van der Waals surface area contributed by atoms with E-state index in [4.69, 9.17) is 4.42 Å². The van der Waals surface area contributed by atoms with E-state index in [2.05, 4.69) is 36.9 Å². The van der Waals surface area contributed by atoms with Crippen LogP contribution in [-0.4, -0.2) is 31.5 Å². The summed E-state index contributed by atoms with van der Waals surface area (Å²) in [6, 6.07) is 12.0. The molecule has 1 aromatic heterocycles. The van der Waals surface area contributed by atoms with Crippen molar-refractivity contribution in [1.29, 1.82) is 0 Å².